The molecule has 2 N–H and O–H groups in total. The van der Waals surface area contributed by atoms with Gasteiger partial charge in [-0.2, -0.15) is 5.10 Å². The summed E-state index contributed by atoms with van der Waals surface area (Å²) in [5.74, 6) is 0.242. The first kappa shape index (κ1) is 8.47. The Kier molecular flexibility index (Phi) is 1.59. The molecule has 1 aliphatic carbocycles. The van der Waals surface area contributed by atoms with Crippen LogP contribution in [0.2, 0.25) is 0 Å². The Labute approximate surface area is 86.7 Å². The Balaban J connectivity index is 2.21. The number of pyridine rings is 1. The maximum Gasteiger partial charge on any atom is 0.248 e. The van der Waals surface area contributed by atoms with Crippen LogP contribution in [0.25, 0.3) is 5.52 Å². The fraction of sp³-hybridized carbons (Fsp3) is 0.273. The summed E-state index contributed by atoms with van der Waals surface area (Å²) in [5.41, 5.74) is 8.04. The highest BCUT2D eigenvalue weighted by Crippen LogP contribution is 2.41. The average Bonchev–Trinajstić information content (AvgIpc) is 2.98. The molecule has 2 aromatic rings. The molecule has 0 spiro atoms. The van der Waals surface area contributed by atoms with Crippen molar-refractivity contribution in [1.82, 2.24) is 9.61 Å². The molecule has 1 amide bonds. The van der Waals surface area contributed by atoms with Crippen LogP contribution in [-0.2, 0) is 0 Å². The molecule has 0 aromatic carbocycles. The monoisotopic (exact) mass is 201 g/mol. The van der Waals surface area contributed by atoms with E-state index in [1.807, 2.05) is 12.3 Å². The van der Waals surface area contributed by atoms with Gasteiger partial charge in [-0.05, 0) is 30.9 Å². The number of carbonyl (C=O) groups is 1. The lowest BCUT2D eigenvalue weighted by Crippen LogP contribution is -2.11. The minimum Gasteiger partial charge on any atom is -0.366 e. The van der Waals surface area contributed by atoms with Crippen LogP contribution in [0.15, 0.2) is 24.5 Å². The lowest BCUT2D eigenvalue weighted by atomic mass is 10.1. The van der Waals surface area contributed by atoms with Crippen molar-refractivity contribution in [1.29, 1.82) is 0 Å². The van der Waals surface area contributed by atoms with Gasteiger partial charge < -0.3 is 5.73 Å². The van der Waals surface area contributed by atoms with Crippen molar-refractivity contribution in [3.05, 3.63) is 35.7 Å². The summed E-state index contributed by atoms with van der Waals surface area (Å²) >= 11 is 0. The lowest BCUT2D eigenvalue weighted by molar-refractivity contribution is 0.100. The summed E-state index contributed by atoms with van der Waals surface area (Å²) in [6.45, 7) is 0. The Hall–Kier alpha value is -1.84. The van der Waals surface area contributed by atoms with Crippen LogP contribution in [0.4, 0.5) is 0 Å². The normalized spacial score (nSPS) is 15.7. The smallest absolute Gasteiger partial charge is 0.248 e. The molecule has 4 nitrogen and oxygen atoms in total. The molecule has 4 heteroatoms. The van der Waals surface area contributed by atoms with E-state index in [0.717, 1.165) is 5.52 Å². The topological polar surface area (TPSA) is 60.4 Å². The molecule has 1 fully saturated rings. The van der Waals surface area contributed by atoms with Crippen LogP contribution in [0.1, 0.15) is 34.7 Å². The van der Waals surface area contributed by atoms with Gasteiger partial charge in [-0.25, -0.2) is 4.52 Å². The van der Waals surface area contributed by atoms with E-state index >= 15 is 0 Å². The van der Waals surface area contributed by atoms with E-state index in [0.29, 0.717) is 11.5 Å². The number of primary amides is 1. The molecular formula is C11H11N3O. The third-order valence-electron chi connectivity index (χ3n) is 2.85. The van der Waals surface area contributed by atoms with Crippen molar-refractivity contribution in [3.8, 4) is 0 Å². The molecule has 76 valence electrons. The zero-order chi connectivity index (χ0) is 10.4. The minimum absolute atomic E-state index is 0.388. The highest BCUT2D eigenvalue weighted by Gasteiger charge is 2.26. The van der Waals surface area contributed by atoms with Crippen molar-refractivity contribution in [2.45, 2.75) is 18.8 Å². The van der Waals surface area contributed by atoms with Gasteiger partial charge in [0.15, 0.2) is 0 Å². The molecule has 1 aliphatic rings. The standard InChI is InChI=1S/C11H11N3O/c12-11(15)8-3-4-14-10(5-8)9(6-13-14)7-1-2-7/h3-7H,1-2H2,(H2,12,15). The molecule has 2 heterocycles. The quantitative estimate of drug-likeness (QED) is 0.796. The maximum absolute atomic E-state index is 11.1. The van der Waals surface area contributed by atoms with Crippen LogP contribution in [-0.4, -0.2) is 15.5 Å². The Morgan fingerprint density at radius 2 is 2.33 bits per heavy atom. The number of fused-ring (bicyclic) bond motifs is 1. The maximum atomic E-state index is 11.1. The molecule has 0 atom stereocenters. The van der Waals surface area contributed by atoms with Gasteiger partial charge in [-0.3, -0.25) is 4.79 Å². The van der Waals surface area contributed by atoms with Crippen molar-refractivity contribution >= 4 is 11.4 Å². The van der Waals surface area contributed by atoms with E-state index in [1.165, 1.54) is 18.4 Å². The lowest BCUT2D eigenvalue weighted by Gasteiger charge is -1.99. The van der Waals surface area contributed by atoms with Gasteiger partial charge >= 0.3 is 0 Å². The highest BCUT2D eigenvalue weighted by atomic mass is 16.1. The molecular weight excluding hydrogens is 190 g/mol. The first-order valence-corrected chi connectivity index (χ1v) is 5.03. The Morgan fingerprint density at radius 1 is 1.53 bits per heavy atom. The number of carbonyl (C=O) groups excluding carboxylic acids is 1. The second kappa shape index (κ2) is 2.82. The largest absolute Gasteiger partial charge is 0.366 e. The van der Waals surface area contributed by atoms with Crippen molar-refractivity contribution in [2.24, 2.45) is 5.73 Å². The zero-order valence-electron chi connectivity index (χ0n) is 8.18. The number of rotatable bonds is 2. The summed E-state index contributed by atoms with van der Waals surface area (Å²) in [7, 11) is 0. The van der Waals surface area contributed by atoms with E-state index in [1.54, 1.807) is 16.8 Å². The molecule has 0 bridgehead atoms. The molecule has 2 aromatic heterocycles. The SMILES string of the molecule is NC(=O)c1ccn2ncc(C3CC3)c2c1. The van der Waals surface area contributed by atoms with Gasteiger partial charge in [0.05, 0.1) is 11.7 Å². The number of hydrogen-bond donors (Lipinski definition) is 1. The van der Waals surface area contributed by atoms with Gasteiger partial charge in [0.1, 0.15) is 0 Å². The van der Waals surface area contributed by atoms with E-state index in [9.17, 15) is 4.79 Å². The molecule has 0 unspecified atom stereocenters. The molecule has 0 saturated heterocycles. The fourth-order valence-electron chi connectivity index (χ4n) is 1.86. The van der Waals surface area contributed by atoms with Crippen molar-refractivity contribution < 1.29 is 4.79 Å². The third kappa shape index (κ3) is 1.29. The Morgan fingerprint density at radius 3 is 3.00 bits per heavy atom. The molecule has 0 radical (unpaired) electrons. The van der Waals surface area contributed by atoms with Crippen molar-refractivity contribution in [3.63, 3.8) is 0 Å². The average molecular weight is 201 g/mol. The first-order chi connectivity index (χ1) is 7.25. The van der Waals surface area contributed by atoms with Gasteiger partial charge in [0.2, 0.25) is 5.91 Å². The van der Waals surface area contributed by atoms with Crippen LogP contribution in [0, 0.1) is 0 Å². The van der Waals surface area contributed by atoms with Crippen LogP contribution >= 0.6 is 0 Å². The number of amides is 1. The minimum atomic E-state index is -0.388. The zero-order valence-corrected chi connectivity index (χ0v) is 8.18. The third-order valence-corrected chi connectivity index (χ3v) is 2.85. The van der Waals surface area contributed by atoms with E-state index < -0.39 is 0 Å². The number of nitrogens with zero attached hydrogens (tertiary/aromatic N) is 2. The number of nitrogens with two attached hydrogens (primary N) is 1. The number of hydrogen-bond acceptors (Lipinski definition) is 2. The molecule has 1 saturated carbocycles. The Bertz CT molecular complexity index is 540. The van der Waals surface area contributed by atoms with Crippen LogP contribution in [0.5, 0.6) is 0 Å². The molecule has 0 aliphatic heterocycles. The first-order valence-electron chi connectivity index (χ1n) is 5.03. The second-order valence-electron chi connectivity index (χ2n) is 3.98. The summed E-state index contributed by atoms with van der Waals surface area (Å²) in [6.07, 6.45) is 6.11. The van der Waals surface area contributed by atoms with E-state index in [2.05, 4.69) is 5.10 Å². The van der Waals surface area contributed by atoms with Gasteiger partial charge in [0, 0.05) is 17.3 Å². The molecule has 15 heavy (non-hydrogen) atoms. The summed E-state index contributed by atoms with van der Waals surface area (Å²) < 4.78 is 1.79. The number of aromatic nitrogens is 2. The van der Waals surface area contributed by atoms with E-state index in [4.69, 9.17) is 5.73 Å². The van der Waals surface area contributed by atoms with Gasteiger partial charge in [-0.1, -0.05) is 0 Å². The fourth-order valence-corrected chi connectivity index (χ4v) is 1.86. The predicted octanol–water partition coefficient (Wildman–Crippen LogP) is 1.31. The molecule has 3 rings (SSSR count). The highest BCUT2D eigenvalue weighted by molar-refractivity contribution is 5.94. The predicted molar refractivity (Wildman–Crippen MR) is 55.7 cm³/mol. The van der Waals surface area contributed by atoms with E-state index in [-0.39, 0.29) is 5.91 Å². The summed E-state index contributed by atoms with van der Waals surface area (Å²) in [6, 6.07) is 3.52. The van der Waals surface area contributed by atoms with Crippen molar-refractivity contribution in [2.75, 3.05) is 0 Å². The van der Waals surface area contributed by atoms with Crippen LogP contribution in [0.3, 0.4) is 0 Å². The summed E-state index contributed by atoms with van der Waals surface area (Å²) in [5, 5.41) is 4.24. The van der Waals surface area contributed by atoms with Gasteiger partial charge in [0.25, 0.3) is 0 Å². The van der Waals surface area contributed by atoms with Gasteiger partial charge in [-0.15, -0.1) is 0 Å². The summed E-state index contributed by atoms with van der Waals surface area (Å²) in [4.78, 5) is 11.1. The van der Waals surface area contributed by atoms with Crippen LogP contribution < -0.4 is 5.73 Å². The second-order valence-corrected chi connectivity index (χ2v) is 3.98.